The minimum absolute atomic E-state index is 0.188. The number of nitrogens with one attached hydrogen (secondary N) is 1. The standard InChI is InChI=1S/C17H23NO2/c1-3-5-17(19)18-10-12-9-14(12)13-6-4-7-16-15(13)8-11(2)20-16/h4,6-7,11-12,14H,3,5,8-10H2,1-2H3,(H,18,19). The molecule has 1 aliphatic heterocycles. The molecule has 0 saturated heterocycles. The molecule has 3 nitrogen and oxygen atoms in total. The van der Waals surface area contributed by atoms with Crippen LogP contribution in [0.1, 0.15) is 50.2 Å². The first-order valence-corrected chi connectivity index (χ1v) is 7.74. The second-order valence-corrected chi connectivity index (χ2v) is 6.11. The fourth-order valence-electron chi connectivity index (χ4n) is 3.22. The van der Waals surface area contributed by atoms with E-state index in [-0.39, 0.29) is 5.91 Å². The van der Waals surface area contributed by atoms with E-state index in [0.29, 0.717) is 24.4 Å². The van der Waals surface area contributed by atoms with E-state index in [0.717, 1.165) is 25.1 Å². The summed E-state index contributed by atoms with van der Waals surface area (Å²) in [4.78, 5) is 11.5. The molecule has 1 N–H and O–H groups in total. The summed E-state index contributed by atoms with van der Waals surface area (Å²) in [5.74, 6) is 2.48. The van der Waals surface area contributed by atoms with Crippen LogP contribution in [-0.2, 0) is 11.2 Å². The predicted octanol–water partition coefficient (Wildman–Crippen LogP) is 3.03. The SMILES string of the molecule is CCCC(=O)NCC1CC1c1cccc2c1CC(C)O2. The second-order valence-electron chi connectivity index (χ2n) is 6.11. The molecule has 3 unspecified atom stereocenters. The van der Waals surface area contributed by atoms with E-state index in [1.165, 1.54) is 17.5 Å². The largest absolute Gasteiger partial charge is 0.490 e. The molecule has 0 aromatic heterocycles. The van der Waals surface area contributed by atoms with Crippen LogP contribution in [0.15, 0.2) is 18.2 Å². The molecular formula is C17H23NO2. The first-order valence-electron chi connectivity index (χ1n) is 7.74. The third-order valence-corrected chi connectivity index (χ3v) is 4.35. The van der Waals surface area contributed by atoms with Crippen LogP contribution in [0.2, 0.25) is 0 Å². The number of carbonyl (C=O) groups excluding carboxylic acids is 1. The molecule has 0 radical (unpaired) electrons. The van der Waals surface area contributed by atoms with Crippen molar-refractivity contribution in [3.8, 4) is 5.75 Å². The summed E-state index contributed by atoms with van der Waals surface area (Å²) in [6.07, 6.45) is 4.08. The van der Waals surface area contributed by atoms with E-state index in [9.17, 15) is 4.79 Å². The molecule has 2 aliphatic rings. The first kappa shape index (κ1) is 13.5. The molecule has 3 atom stereocenters. The van der Waals surface area contributed by atoms with Gasteiger partial charge in [-0.1, -0.05) is 19.1 Å². The average molecular weight is 273 g/mol. The van der Waals surface area contributed by atoms with Crippen molar-refractivity contribution in [2.45, 2.75) is 51.6 Å². The summed E-state index contributed by atoms with van der Waals surface area (Å²) in [5.41, 5.74) is 2.84. The molecule has 1 aliphatic carbocycles. The van der Waals surface area contributed by atoms with Crippen LogP contribution < -0.4 is 10.1 Å². The van der Waals surface area contributed by atoms with Crippen molar-refractivity contribution in [1.29, 1.82) is 0 Å². The lowest BCUT2D eigenvalue weighted by Gasteiger charge is -2.07. The Labute approximate surface area is 120 Å². The Balaban J connectivity index is 1.60. The van der Waals surface area contributed by atoms with E-state index in [2.05, 4.69) is 30.4 Å². The Morgan fingerprint density at radius 2 is 2.30 bits per heavy atom. The summed E-state index contributed by atoms with van der Waals surface area (Å²) in [6.45, 7) is 4.98. The van der Waals surface area contributed by atoms with Crippen molar-refractivity contribution >= 4 is 5.91 Å². The molecule has 1 fully saturated rings. The van der Waals surface area contributed by atoms with Gasteiger partial charge in [-0.25, -0.2) is 0 Å². The molecule has 1 aromatic rings. The lowest BCUT2D eigenvalue weighted by atomic mass is 9.98. The van der Waals surface area contributed by atoms with Crippen LogP contribution in [0, 0.1) is 5.92 Å². The second kappa shape index (κ2) is 5.47. The number of amides is 1. The van der Waals surface area contributed by atoms with E-state index in [4.69, 9.17) is 4.74 Å². The van der Waals surface area contributed by atoms with Gasteiger partial charge in [0.2, 0.25) is 5.91 Å². The van der Waals surface area contributed by atoms with Gasteiger partial charge in [-0.3, -0.25) is 4.79 Å². The minimum atomic E-state index is 0.188. The smallest absolute Gasteiger partial charge is 0.219 e. The third kappa shape index (κ3) is 2.67. The van der Waals surface area contributed by atoms with Crippen molar-refractivity contribution in [2.24, 2.45) is 5.92 Å². The van der Waals surface area contributed by atoms with Crippen molar-refractivity contribution in [2.75, 3.05) is 6.54 Å². The summed E-state index contributed by atoms with van der Waals surface area (Å²) in [5, 5.41) is 3.05. The molecular weight excluding hydrogens is 250 g/mol. The van der Waals surface area contributed by atoms with Crippen molar-refractivity contribution < 1.29 is 9.53 Å². The highest BCUT2D eigenvalue weighted by atomic mass is 16.5. The summed E-state index contributed by atoms with van der Waals surface area (Å²) in [7, 11) is 0. The van der Waals surface area contributed by atoms with Crippen LogP contribution in [0.25, 0.3) is 0 Å². The number of hydrogen-bond donors (Lipinski definition) is 1. The Morgan fingerprint density at radius 3 is 3.10 bits per heavy atom. The number of hydrogen-bond acceptors (Lipinski definition) is 2. The third-order valence-electron chi connectivity index (χ3n) is 4.35. The van der Waals surface area contributed by atoms with E-state index in [1.54, 1.807) is 0 Å². The number of carbonyl (C=O) groups is 1. The zero-order valence-corrected chi connectivity index (χ0v) is 12.3. The van der Waals surface area contributed by atoms with Crippen LogP contribution in [0.3, 0.4) is 0 Å². The van der Waals surface area contributed by atoms with Crippen LogP contribution in [0.4, 0.5) is 0 Å². The molecule has 1 aromatic carbocycles. The van der Waals surface area contributed by atoms with Gasteiger partial charge >= 0.3 is 0 Å². The van der Waals surface area contributed by atoms with Crippen LogP contribution in [0.5, 0.6) is 5.75 Å². The van der Waals surface area contributed by atoms with E-state index >= 15 is 0 Å². The van der Waals surface area contributed by atoms with Gasteiger partial charge in [0.05, 0.1) is 0 Å². The van der Waals surface area contributed by atoms with Gasteiger partial charge in [0.15, 0.2) is 0 Å². The highest BCUT2D eigenvalue weighted by Crippen LogP contribution is 2.50. The maximum atomic E-state index is 11.5. The molecule has 3 heteroatoms. The number of benzene rings is 1. The van der Waals surface area contributed by atoms with Gasteiger partial charge in [0, 0.05) is 24.9 Å². The highest BCUT2D eigenvalue weighted by molar-refractivity contribution is 5.75. The molecule has 20 heavy (non-hydrogen) atoms. The Hall–Kier alpha value is -1.51. The zero-order chi connectivity index (χ0) is 14.1. The van der Waals surface area contributed by atoms with Crippen LogP contribution in [-0.4, -0.2) is 18.6 Å². The first-order chi connectivity index (χ1) is 9.69. The number of fused-ring (bicyclic) bond motifs is 1. The molecule has 1 saturated carbocycles. The van der Waals surface area contributed by atoms with Gasteiger partial charge in [-0.05, 0) is 43.2 Å². The summed E-state index contributed by atoms with van der Waals surface area (Å²) >= 11 is 0. The van der Waals surface area contributed by atoms with Gasteiger partial charge in [0.1, 0.15) is 11.9 Å². The Kier molecular flexibility index (Phi) is 3.68. The monoisotopic (exact) mass is 273 g/mol. The fourth-order valence-corrected chi connectivity index (χ4v) is 3.22. The molecule has 1 amide bonds. The maximum Gasteiger partial charge on any atom is 0.219 e. The van der Waals surface area contributed by atoms with Crippen molar-refractivity contribution in [3.05, 3.63) is 29.3 Å². The van der Waals surface area contributed by atoms with Gasteiger partial charge < -0.3 is 10.1 Å². The maximum absolute atomic E-state index is 11.5. The molecule has 0 bridgehead atoms. The number of ether oxygens (including phenoxy) is 1. The normalized spacial score (nSPS) is 26.8. The summed E-state index contributed by atoms with van der Waals surface area (Å²) in [6, 6.07) is 6.40. The van der Waals surface area contributed by atoms with E-state index < -0.39 is 0 Å². The van der Waals surface area contributed by atoms with Crippen LogP contribution >= 0.6 is 0 Å². The molecule has 1 heterocycles. The number of rotatable bonds is 5. The zero-order valence-electron chi connectivity index (χ0n) is 12.3. The Bertz CT molecular complexity index is 512. The summed E-state index contributed by atoms with van der Waals surface area (Å²) < 4.78 is 5.82. The van der Waals surface area contributed by atoms with Crippen molar-refractivity contribution in [3.63, 3.8) is 0 Å². The average Bonchev–Trinajstić information content (AvgIpc) is 3.08. The quantitative estimate of drug-likeness (QED) is 0.895. The van der Waals surface area contributed by atoms with Gasteiger partial charge in [-0.2, -0.15) is 0 Å². The van der Waals surface area contributed by atoms with E-state index in [1.807, 2.05) is 6.92 Å². The molecule has 3 rings (SSSR count). The topological polar surface area (TPSA) is 38.3 Å². The van der Waals surface area contributed by atoms with Gasteiger partial charge in [0.25, 0.3) is 0 Å². The fraction of sp³-hybridized carbons (Fsp3) is 0.588. The lowest BCUT2D eigenvalue weighted by molar-refractivity contribution is -0.121. The van der Waals surface area contributed by atoms with Crippen molar-refractivity contribution in [1.82, 2.24) is 5.32 Å². The minimum Gasteiger partial charge on any atom is -0.490 e. The Morgan fingerprint density at radius 1 is 1.45 bits per heavy atom. The lowest BCUT2D eigenvalue weighted by Crippen LogP contribution is -2.25. The molecule has 0 spiro atoms. The highest BCUT2D eigenvalue weighted by Gasteiger charge is 2.40. The van der Waals surface area contributed by atoms with Gasteiger partial charge in [-0.15, -0.1) is 0 Å². The predicted molar refractivity (Wildman–Crippen MR) is 79.0 cm³/mol. The molecule has 108 valence electrons.